The molecule has 0 aromatic heterocycles. The summed E-state index contributed by atoms with van der Waals surface area (Å²) in [5.41, 5.74) is 1.27. The molecule has 1 aromatic carbocycles. The van der Waals surface area contributed by atoms with E-state index in [4.69, 9.17) is 14.2 Å². The Bertz CT molecular complexity index is 585. The molecule has 0 bridgehead atoms. The Kier molecular flexibility index (Phi) is 8.35. The predicted molar refractivity (Wildman–Crippen MR) is 98.7 cm³/mol. The SMILES string of the molecule is C=CC(=O)OCOC1CCC(C(=O)Oc2ccc(CCCC)cc2)CC1. The van der Waals surface area contributed by atoms with E-state index < -0.39 is 5.97 Å². The monoisotopic (exact) mass is 360 g/mol. The van der Waals surface area contributed by atoms with E-state index in [1.807, 2.05) is 24.3 Å². The molecule has 26 heavy (non-hydrogen) atoms. The Balaban J connectivity index is 1.70. The van der Waals surface area contributed by atoms with Gasteiger partial charge in [0.25, 0.3) is 0 Å². The minimum atomic E-state index is -0.497. The van der Waals surface area contributed by atoms with Gasteiger partial charge in [-0.15, -0.1) is 0 Å². The molecule has 0 N–H and O–H groups in total. The number of esters is 2. The van der Waals surface area contributed by atoms with E-state index >= 15 is 0 Å². The second kappa shape index (κ2) is 10.8. The van der Waals surface area contributed by atoms with Crippen LogP contribution in [0.25, 0.3) is 0 Å². The van der Waals surface area contributed by atoms with Crippen molar-refractivity contribution < 1.29 is 23.8 Å². The van der Waals surface area contributed by atoms with Crippen LogP contribution in [-0.4, -0.2) is 24.8 Å². The van der Waals surface area contributed by atoms with Crippen molar-refractivity contribution in [2.24, 2.45) is 5.92 Å². The molecule has 1 aliphatic carbocycles. The average Bonchev–Trinajstić information content (AvgIpc) is 2.67. The first-order valence-electron chi connectivity index (χ1n) is 9.33. The number of ether oxygens (including phenoxy) is 3. The van der Waals surface area contributed by atoms with Crippen LogP contribution in [0.3, 0.4) is 0 Å². The van der Waals surface area contributed by atoms with E-state index in [1.165, 1.54) is 12.0 Å². The van der Waals surface area contributed by atoms with Gasteiger partial charge in [-0.3, -0.25) is 4.79 Å². The van der Waals surface area contributed by atoms with E-state index in [9.17, 15) is 9.59 Å². The van der Waals surface area contributed by atoms with Crippen molar-refractivity contribution in [3.8, 4) is 5.75 Å². The number of carbonyl (C=O) groups is 2. The Morgan fingerprint density at radius 1 is 1.15 bits per heavy atom. The van der Waals surface area contributed by atoms with Crippen LogP contribution in [0.4, 0.5) is 0 Å². The maximum Gasteiger partial charge on any atom is 0.332 e. The van der Waals surface area contributed by atoms with Gasteiger partial charge in [-0.25, -0.2) is 4.79 Å². The molecule has 0 saturated heterocycles. The summed E-state index contributed by atoms with van der Waals surface area (Å²) in [6.45, 7) is 5.42. The molecule has 1 aliphatic rings. The van der Waals surface area contributed by atoms with E-state index in [2.05, 4.69) is 13.5 Å². The van der Waals surface area contributed by atoms with Crippen LogP contribution in [0.5, 0.6) is 5.75 Å². The predicted octanol–water partition coefficient (Wildman–Crippen LogP) is 4.20. The summed E-state index contributed by atoms with van der Waals surface area (Å²) in [4.78, 5) is 23.3. The van der Waals surface area contributed by atoms with Gasteiger partial charge in [0.05, 0.1) is 12.0 Å². The summed E-state index contributed by atoms with van der Waals surface area (Å²) in [5.74, 6) is -0.180. The van der Waals surface area contributed by atoms with Gasteiger partial charge >= 0.3 is 11.9 Å². The second-order valence-corrected chi connectivity index (χ2v) is 6.59. The standard InChI is InChI=1S/C21H28O5/c1-3-5-6-16-7-11-19(12-8-16)26-21(23)17-9-13-18(14-10-17)24-15-25-20(22)4-2/h4,7-8,11-12,17-18H,2-3,5-6,9-10,13-15H2,1H3. The number of benzene rings is 1. The van der Waals surface area contributed by atoms with Crippen molar-refractivity contribution in [1.82, 2.24) is 0 Å². The highest BCUT2D eigenvalue weighted by Crippen LogP contribution is 2.28. The summed E-state index contributed by atoms with van der Waals surface area (Å²) < 4.78 is 15.8. The maximum atomic E-state index is 12.3. The third-order valence-corrected chi connectivity index (χ3v) is 4.64. The van der Waals surface area contributed by atoms with Gasteiger partial charge in [0, 0.05) is 6.08 Å². The van der Waals surface area contributed by atoms with Crippen LogP contribution in [0, 0.1) is 5.92 Å². The minimum absolute atomic E-state index is 0.00881. The zero-order valence-corrected chi connectivity index (χ0v) is 15.4. The zero-order chi connectivity index (χ0) is 18.8. The van der Waals surface area contributed by atoms with Crippen molar-refractivity contribution in [2.45, 2.75) is 58.0 Å². The highest BCUT2D eigenvalue weighted by Gasteiger charge is 2.28. The van der Waals surface area contributed by atoms with Gasteiger partial charge < -0.3 is 14.2 Å². The number of aryl methyl sites for hydroxylation is 1. The van der Waals surface area contributed by atoms with Crippen LogP contribution in [0.1, 0.15) is 51.0 Å². The summed E-state index contributed by atoms with van der Waals surface area (Å²) >= 11 is 0. The van der Waals surface area contributed by atoms with Crippen LogP contribution < -0.4 is 4.74 Å². The molecule has 1 fully saturated rings. The number of rotatable bonds is 9. The summed E-state index contributed by atoms with van der Waals surface area (Å²) in [6, 6.07) is 7.78. The Morgan fingerprint density at radius 2 is 1.85 bits per heavy atom. The van der Waals surface area contributed by atoms with Crippen molar-refractivity contribution in [3.63, 3.8) is 0 Å². The molecule has 5 heteroatoms. The smallest absolute Gasteiger partial charge is 0.332 e. The summed E-state index contributed by atoms with van der Waals surface area (Å²) in [5, 5.41) is 0. The molecule has 5 nitrogen and oxygen atoms in total. The van der Waals surface area contributed by atoms with Gasteiger partial charge in [-0.2, -0.15) is 0 Å². The van der Waals surface area contributed by atoms with E-state index in [0.29, 0.717) is 18.6 Å². The van der Waals surface area contributed by atoms with Crippen LogP contribution in [0.2, 0.25) is 0 Å². The minimum Gasteiger partial charge on any atom is -0.435 e. The van der Waals surface area contributed by atoms with Crippen LogP contribution in [-0.2, 0) is 25.5 Å². The number of carbonyl (C=O) groups excluding carboxylic acids is 2. The molecule has 0 atom stereocenters. The third-order valence-electron chi connectivity index (χ3n) is 4.64. The molecule has 142 valence electrons. The highest BCUT2D eigenvalue weighted by atomic mass is 16.7. The van der Waals surface area contributed by atoms with Crippen LogP contribution in [0.15, 0.2) is 36.9 Å². The lowest BCUT2D eigenvalue weighted by Crippen LogP contribution is -2.29. The number of hydrogen-bond donors (Lipinski definition) is 0. The van der Waals surface area contributed by atoms with Gasteiger partial charge in [0.15, 0.2) is 6.79 Å². The molecule has 0 heterocycles. The quantitative estimate of drug-likeness (QED) is 0.286. The molecular weight excluding hydrogens is 332 g/mol. The molecule has 0 amide bonds. The number of unbranched alkanes of at least 4 members (excludes halogenated alkanes) is 1. The fourth-order valence-electron chi connectivity index (χ4n) is 3.02. The lowest BCUT2D eigenvalue weighted by Gasteiger charge is -2.27. The first-order chi connectivity index (χ1) is 12.6. The first kappa shape index (κ1) is 20.2. The third kappa shape index (κ3) is 6.64. The highest BCUT2D eigenvalue weighted by molar-refractivity contribution is 5.81. The van der Waals surface area contributed by atoms with Crippen molar-refractivity contribution in [3.05, 3.63) is 42.5 Å². The van der Waals surface area contributed by atoms with Crippen molar-refractivity contribution >= 4 is 11.9 Å². The van der Waals surface area contributed by atoms with Crippen LogP contribution >= 0.6 is 0 Å². The van der Waals surface area contributed by atoms with Crippen molar-refractivity contribution in [1.29, 1.82) is 0 Å². The van der Waals surface area contributed by atoms with Gasteiger partial charge in [-0.1, -0.05) is 32.1 Å². The normalized spacial score (nSPS) is 19.6. The molecule has 0 unspecified atom stereocenters. The second-order valence-electron chi connectivity index (χ2n) is 6.59. The lowest BCUT2D eigenvalue weighted by molar-refractivity contribution is -0.157. The van der Waals surface area contributed by atoms with E-state index in [0.717, 1.165) is 31.8 Å². The summed E-state index contributed by atoms with van der Waals surface area (Å²) in [6.07, 6.45) is 7.43. The molecule has 1 saturated carbocycles. The molecule has 2 rings (SSSR count). The molecule has 0 spiro atoms. The van der Waals surface area contributed by atoms with Gasteiger partial charge in [0.2, 0.25) is 0 Å². The topological polar surface area (TPSA) is 61.8 Å². The summed E-state index contributed by atoms with van der Waals surface area (Å²) in [7, 11) is 0. The first-order valence-corrected chi connectivity index (χ1v) is 9.33. The maximum absolute atomic E-state index is 12.3. The molecule has 1 aromatic rings. The van der Waals surface area contributed by atoms with E-state index in [1.54, 1.807) is 0 Å². The Hall–Kier alpha value is -2.14. The van der Waals surface area contributed by atoms with Crippen molar-refractivity contribution in [2.75, 3.05) is 6.79 Å². The number of hydrogen-bond acceptors (Lipinski definition) is 5. The molecule has 0 aliphatic heterocycles. The fourth-order valence-corrected chi connectivity index (χ4v) is 3.02. The molecular formula is C21H28O5. The van der Waals surface area contributed by atoms with Gasteiger partial charge in [-0.05, 0) is 56.2 Å². The largest absolute Gasteiger partial charge is 0.435 e. The molecule has 0 radical (unpaired) electrons. The van der Waals surface area contributed by atoms with Gasteiger partial charge in [0.1, 0.15) is 5.75 Å². The Morgan fingerprint density at radius 3 is 2.46 bits per heavy atom. The lowest BCUT2D eigenvalue weighted by atomic mass is 9.87. The Labute approximate surface area is 155 Å². The fraction of sp³-hybridized carbons (Fsp3) is 0.524. The average molecular weight is 360 g/mol. The zero-order valence-electron chi connectivity index (χ0n) is 15.4. The van der Waals surface area contributed by atoms with E-state index in [-0.39, 0.29) is 24.8 Å².